The van der Waals surface area contributed by atoms with Crippen LogP contribution in [-0.2, 0) is 9.59 Å². The number of hydrazone groups is 1. The minimum atomic E-state index is -0.365. The van der Waals surface area contributed by atoms with Gasteiger partial charge in [0, 0.05) is 17.0 Å². The van der Waals surface area contributed by atoms with Gasteiger partial charge < -0.3 is 5.32 Å². The van der Waals surface area contributed by atoms with Crippen LogP contribution in [0.1, 0.15) is 63.9 Å². The van der Waals surface area contributed by atoms with Gasteiger partial charge in [-0.1, -0.05) is 75.2 Å². The van der Waals surface area contributed by atoms with Gasteiger partial charge in [-0.15, -0.1) is 0 Å². The van der Waals surface area contributed by atoms with Crippen LogP contribution in [0.5, 0.6) is 0 Å². The summed E-state index contributed by atoms with van der Waals surface area (Å²) in [6, 6.07) is 7.19. The maximum atomic E-state index is 11.7. The fourth-order valence-corrected chi connectivity index (χ4v) is 2.49. The molecule has 0 aromatic heterocycles. The van der Waals surface area contributed by atoms with Crippen LogP contribution in [0.15, 0.2) is 29.4 Å². The summed E-state index contributed by atoms with van der Waals surface area (Å²) >= 11 is 5.98. The van der Waals surface area contributed by atoms with Gasteiger partial charge in [0.2, 0.25) is 5.91 Å². The van der Waals surface area contributed by atoms with Crippen molar-refractivity contribution >= 4 is 29.6 Å². The molecule has 0 aliphatic heterocycles. The van der Waals surface area contributed by atoms with Crippen LogP contribution >= 0.6 is 11.6 Å². The molecule has 1 rings (SSSR count). The van der Waals surface area contributed by atoms with E-state index in [0.29, 0.717) is 17.0 Å². The molecule has 0 saturated heterocycles. The van der Waals surface area contributed by atoms with Gasteiger partial charge in [-0.2, -0.15) is 5.10 Å². The summed E-state index contributed by atoms with van der Waals surface area (Å²) in [5.74, 6) is -0.463. The average molecular weight is 366 g/mol. The first-order valence-corrected chi connectivity index (χ1v) is 9.34. The lowest BCUT2D eigenvalue weighted by molar-refractivity contribution is -0.126. The first-order chi connectivity index (χ1) is 12.1. The maximum Gasteiger partial charge on any atom is 0.259 e. The predicted molar refractivity (Wildman–Crippen MR) is 103 cm³/mol. The van der Waals surface area contributed by atoms with Crippen molar-refractivity contribution in [2.45, 2.75) is 58.3 Å². The van der Waals surface area contributed by atoms with E-state index < -0.39 is 0 Å². The summed E-state index contributed by atoms with van der Waals surface area (Å²) in [7, 11) is 0. The van der Waals surface area contributed by atoms with Gasteiger partial charge in [0.1, 0.15) is 0 Å². The Balaban J connectivity index is 2.09. The van der Waals surface area contributed by atoms with Gasteiger partial charge in [-0.05, 0) is 12.5 Å². The SMILES string of the molecule is CCCCCCCCCC(=O)NCC(=O)NN=Cc1ccccc1Cl. The lowest BCUT2D eigenvalue weighted by atomic mass is 10.1. The second-order valence-corrected chi connectivity index (χ2v) is 6.37. The normalized spacial score (nSPS) is 10.8. The first-order valence-electron chi connectivity index (χ1n) is 8.96. The van der Waals surface area contributed by atoms with E-state index in [9.17, 15) is 9.59 Å². The second kappa shape index (κ2) is 13.4. The topological polar surface area (TPSA) is 70.6 Å². The number of halogens is 1. The van der Waals surface area contributed by atoms with Crippen molar-refractivity contribution in [3.8, 4) is 0 Å². The van der Waals surface area contributed by atoms with Crippen molar-refractivity contribution < 1.29 is 9.59 Å². The van der Waals surface area contributed by atoms with Crippen LogP contribution in [0.2, 0.25) is 5.02 Å². The van der Waals surface area contributed by atoms with Crippen molar-refractivity contribution in [1.82, 2.24) is 10.7 Å². The van der Waals surface area contributed by atoms with Crippen LogP contribution in [0.3, 0.4) is 0 Å². The molecule has 2 N–H and O–H groups in total. The molecule has 25 heavy (non-hydrogen) atoms. The average Bonchev–Trinajstić information content (AvgIpc) is 2.61. The maximum absolute atomic E-state index is 11.7. The lowest BCUT2D eigenvalue weighted by Crippen LogP contribution is -2.34. The minimum Gasteiger partial charge on any atom is -0.347 e. The molecule has 0 spiro atoms. The largest absolute Gasteiger partial charge is 0.347 e. The highest BCUT2D eigenvalue weighted by molar-refractivity contribution is 6.33. The van der Waals surface area contributed by atoms with Gasteiger partial charge >= 0.3 is 0 Å². The van der Waals surface area contributed by atoms with Crippen molar-refractivity contribution in [1.29, 1.82) is 0 Å². The Morgan fingerprint density at radius 2 is 1.72 bits per heavy atom. The third-order valence-electron chi connectivity index (χ3n) is 3.75. The predicted octanol–water partition coefficient (Wildman–Crippen LogP) is 4.05. The fourth-order valence-electron chi connectivity index (χ4n) is 2.30. The molecular formula is C19H28ClN3O2. The van der Waals surface area contributed by atoms with E-state index in [0.717, 1.165) is 12.8 Å². The summed E-state index contributed by atoms with van der Waals surface area (Å²) in [6.07, 6.45) is 10.1. The van der Waals surface area contributed by atoms with E-state index in [1.807, 2.05) is 12.1 Å². The summed E-state index contributed by atoms with van der Waals surface area (Å²) in [4.78, 5) is 23.3. The van der Waals surface area contributed by atoms with Crippen LogP contribution in [-0.4, -0.2) is 24.6 Å². The van der Waals surface area contributed by atoms with E-state index in [1.54, 1.807) is 12.1 Å². The Morgan fingerprint density at radius 3 is 2.44 bits per heavy atom. The standard InChI is InChI=1S/C19H28ClN3O2/c1-2-3-4-5-6-7-8-13-18(24)21-15-19(25)23-22-14-16-11-9-10-12-17(16)20/h9-12,14H,2-8,13,15H2,1H3,(H,21,24)(H,23,25). The number of rotatable bonds is 12. The third-order valence-corrected chi connectivity index (χ3v) is 4.10. The smallest absolute Gasteiger partial charge is 0.259 e. The molecule has 6 heteroatoms. The zero-order valence-electron chi connectivity index (χ0n) is 14.9. The fraction of sp³-hybridized carbons (Fsp3) is 0.526. The highest BCUT2D eigenvalue weighted by Gasteiger charge is 2.04. The van der Waals surface area contributed by atoms with Crippen molar-refractivity contribution in [2.24, 2.45) is 5.10 Å². The molecular weight excluding hydrogens is 338 g/mol. The highest BCUT2D eigenvalue weighted by Crippen LogP contribution is 2.12. The summed E-state index contributed by atoms with van der Waals surface area (Å²) in [6.45, 7) is 2.12. The Bertz CT molecular complexity index is 561. The third kappa shape index (κ3) is 10.6. The highest BCUT2D eigenvalue weighted by atomic mass is 35.5. The monoisotopic (exact) mass is 365 g/mol. The molecule has 0 atom stereocenters. The lowest BCUT2D eigenvalue weighted by Gasteiger charge is -2.04. The molecule has 5 nitrogen and oxygen atoms in total. The van der Waals surface area contributed by atoms with Gasteiger partial charge in [0.15, 0.2) is 0 Å². The molecule has 0 fully saturated rings. The van der Waals surface area contributed by atoms with E-state index in [-0.39, 0.29) is 18.4 Å². The number of unbranched alkanes of at least 4 members (excludes halogenated alkanes) is 6. The quantitative estimate of drug-likeness (QED) is 0.333. The zero-order chi connectivity index (χ0) is 18.3. The van der Waals surface area contributed by atoms with E-state index in [2.05, 4.69) is 22.8 Å². The number of hydrogen-bond acceptors (Lipinski definition) is 3. The van der Waals surface area contributed by atoms with Crippen LogP contribution in [0.25, 0.3) is 0 Å². The van der Waals surface area contributed by atoms with E-state index >= 15 is 0 Å². The van der Waals surface area contributed by atoms with Crippen LogP contribution in [0.4, 0.5) is 0 Å². The first kappa shape index (κ1) is 21.2. The van der Waals surface area contributed by atoms with Crippen molar-refractivity contribution in [2.75, 3.05) is 6.54 Å². The van der Waals surface area contributed by atoms with Crippen LogP contribution in [0, 0.1) is 0 Å². The summed E-state index contributed by atoms with van der Waals surface area (Å²) < 4.78 is 0. The second-order valence-electron chi connectivity index (χ2n) is 5.96. The number of carbonyl (C=O) groups excluding carboxylic acids is 2. The van der Waals surface area contributed by atoms with E-state index in [1.165, 1.54) is 38.3 Å². The Kier molecular flexibility index (Phi) is 11.4. The molecule has 0 aliphatic carbocycles. The van der Waals surface area contributed by atoms with Gasteiger partial charge in [0.25, 0.3) is 5.91 Å². The van der Waals surface area contributed by atoms with Gasteiger partial charge in [-0.25, -0.2) is 5.43 Å². The molecule has 1 aromatic rings. The molecule has 0 saturated carbocycles. The Labute approximate surface area is 155 Å². The number of amides is 2. The number of nitrogens with zero attached hydrogens (tertiary/aromatic N) is 1. The molecule has 138 valence electrons. The number of carbonyl (C=O) groups is 2. The number of nitrogens with one attached hydrogen (secondary N) is 2. The summed E-state index contributed by atoms with van der Waals surface area (Å²) in [5, 5.41) is 6.99. The van der Waals surface area contributed by atoms with Crippen molar-refractivity contribution in [3.05, 3.63) is 34.9 Å². The minimum absolute atomic E-state index is 0.0742. The molecule has 0 unspecified atom stereocenters. The van der Waals surface area contributed by atoms with Gasteiger partial charge in [0.05, 0.1) is 12.8 Å². The number of benzene rings is 1. The Hall–Kier alpha value is -1.88. The molecule has 0 aliphatic rings. The molecule has 0 radical (unpaired) electrons. The molecule has 2 amide bonds. The zero-order valence-corrected chi connectivity index (χ0v) is 15.6. The van der Waals surface area contributed by atoms with Crippen molar-refractivity contribution in [3.63, 3.8) is 0 Å². The molecule has 0 heterocycles. The van der Waals surface area contributed by atoms with Gasteiger partial charge in [-0.3, -0.25) is 9.59 Å². The van der Waals surface area contributed by atoms with E-state index in [4.69, 9.17) is 11.6 Å². The molecule has 1 aromatic carbocycles. The number of hydrogen-bond donors (Lipinski definition) is 2. The summed E-state index contributed by atoms with van der Waals surface area (Å²) in [5.41, 5.74) is 3.08. The molecule has 0 bridgehead atoms. The van der Waals surface area contributed by atoms with Crippen LogP contribution < -0.4 is 10.7 Å². The Morgan fingerprint density at radius 1 is 1.04 bits per heavy atom.